The molecule has 0 aliphatic heterocycles. The molecule has 8 nitrogen and oxygen atoms in total. The Kier molecular flexibility index (Phi) is 5.67. The topological polar surface area (TPSA) is 125 Å². The number of para-hydroxylation sites is 1. The maximum atomic E-state index is 12.5. The Balaban J connectivity index is 1.89. The van der Waals surface area contributed by atoms with E-state index < -0.39 is 10.8 Å². The van der Waals surface area contributed by atoms with E-state index in [1.165, 1.54) is 30.3 Å². The minimum Gasteiger partial charge on any atom is -0.346 e. The number of nitrogens with one attached hydrogen (secondary N) is 1. The number of anilines is 1. The number of aryl methyl sites for hydroxylation is 1. The van der Waals surface area contributed by atoms with Gasteiger partial charge in [0.1, 0.15) is 11.6 Å². The average Bonchev–Trinajstić information content (AvgIpc) is 3.08. The van der Waals surface area contributed by atoms with Gasteiger partial charge in [0.05, 0.1) is 17.4 Å². The van der Waals surface area contributed by atoms with Crippen LogP contribution in [0.1, 0.15) is 12.0 Å². The maximum Gasteiger partial charge on any atom is 0.269 e. The van der Waals surface area contributed by atoms with E-state index in [4.69, 9.17) is 5.26 Å². The molecule has 0 spiro atoms. The van der Waals surface area contributed by atoms with Gasteiger partial charge in [0.15, 0.2) is 0 Å². The number of nitrogens with zero attached hydrogens (tertiary/aromatic N) is 4. The van der Waals surface area contributed by atoms with Crippen molar-refractivity contribution in [3.8, 4) is 12.1 Å². The van der Waals surface area contributed by atoms with E-state index in [-0.39, 0.29) is 11.3 Å². The maximum absolute atomic E-state index is 12.5. The molecule has 3 rings (SSSR count). The first-order valence-corrected chi connectivity index (χ1v) is 8.66. The van der Waals surface area contributed by atoms with E-state index in [9.17, 15) is 20.2 Å². The second kappa shape index (κ2) is 8.51. The van der Waals surface area contributed by atoms with Gasteiger partial charge >= 0.3 is 0 Å². The summed E-state index contributed by atoms with van der Waals surface area (Å²) in [6.07, 6.45) is 3.64. The van der Waals surface area contributed by atoms with Crippen LogP contribution in [-0.4, -0.2) is 15.4 Å². The summed E-state index contributed by atoms with van der Waals surface area (Å²) >= 11 is 0. The summed E-state index contributed by atoms with van der Waals surface area (Å²) < 4.78 is 1.91. The third-order valence-corrected chi connectivity index (χ3v) is 4.28. The predicted octanol–water partition coefficient (Wildman–Crippen LogP) is 4.01. The summed E-state index contributed by atoms with van der Waals surface area (Å²) in [5, 5.41) is 32.4. The lowest BCUT2D eigenvalue weighted by Crippen LogP contribution is -2.13. The molecule has 1 N–H and O–H groups in total. The van der Waals surface area contributed by atoms with Crippen molar-refractivity contribution in [2.75, 3.05) is 5.32 Å². The molecule has 0 aliphatic carbocycles. The third-order valence-electron chi connectivity index (χ3n) is 4.28. The van der Waals surface area contributed by atoms with E-state index >= 15 is 0 Å². The van der Waals surface area contributed by atoms with Gasteiger partial charge in [-0.25, -0.2) is 0 Å². The molecule has 0 radical (unpaired) electrons. The first-order valence-electron chi connectivity index (χ1n) is 8.66. The lowest BCUT2D eigenvalue weighted by molar-refractivity contribution is -0.384. The van der Waals surface area contributed by atoms with E-state index in [0.29, 0.717) is 24.2 Å². The highest BCUT2D eigenvalue weighted by molar-refractivity contribution is 6.10. The van der Waals surface area contributed by atoms with Crippen LogP contribution < -0.4 is 5.32 Å². The number of carbonyl (C=O) groups is 1. The van der Waals surface area contributed by atoms with Crippen molar-refractivity contribution in [2.24, 2.45) is 0 Å². The van der Waals surface area contributed by atoms with Gasteiger partial charge in [-0.3, -0.25) is 14.9 Å². The van der Waals surface area contributed by atoms with Crippen molar-refractivity contribution < 1.29 is 9.72 Å². The molecular formula is C21H15N5O3. The fourth-order valence-electron chi connectivity index (χ4n) is 2.91. The van der Waals surface area contributed by atoms with E-state index in [0.717, 1.165) is 10.9 Å². The Labute approximate surface area is 166 Å². The van der Waals surface area contributed by atoms with Crippen LogP contribution in [0.25, 0.3) is 17.0 Å². The molecule has 0 unspecified atom stereocenters. The number of rotatable bonds is 6. The quantitative estimate of drug-likeness (QED) is 0.297. The lowest BCUT2D eigenvalue weighted by Gasteiger charge is -2.03. The third kappa shape index (κ3) is 4.29. The van der Waals surface area contributed by atoms with Gasteiger partial charge in [-0.1, -0.05) is 18.2 Å². The Morgan fingerprint density at radius 2 is 1.90 bits per heavy atom. The smallest absolute Gasteiger partial charge is 0.269 e. The highest BCUT2D eigenvalue weighted by Crippen LogP contribution is 2.24. The number of benzene rings is 2. The molecule has 0 saturated carbocycles. The van der Waals surface area contributed by atoms with Crippen LogP contribution in [0.5, 0.6) is 0 Å². The highest BCUT2D eigenvalue weighted by Gasteiger charge is 2.13. The Hall–Kier alpha value is -4.43. The number of fused-ring (bicyclic) bond motifs is 1. The summed E-state index contributed by atoms with van der Waals surface area (Å²) in [6.45, 7) is 0.502. The molecule has 2 aromatic carbocycles. The summed E-state index contributed by atoms with van der Waals surface area (Å²) in [7, 11) is 0. The summed E-state index contributed by atoms with van der Waals surface area (Å²) in [4.78, 5) is 22.7. The van der Waals surface area contributed by atoms with Crippen LogP contribution in [0.3, 0.4) is 0 Å². The number of amides is 1. The molecule has 1 heterocycles. The van der Waals surface area contributed by atoms with Crippen LogP contribution >= 0.6 is 0 Å². The number of aromatic nitrogens is 1. The minimum atomic E-state index is -0.616. The molecule has 1 aromatic heterocycles. The van der Waals surface area contributed by atoms with Crippen molar-refractivity contribution >= 4 is 34.3 Å². The fraction of sp³-hybridized carbons (Fsp3) is 0.0952. The molecule has 29 heavy (non-hydrogen) atoms. The van der Waals surface area contributed by atoms with Crippen LogP contribution in [0.15, 0.2) is 60.3 Å². The Bertz CT molecular complexity index is 1190. The van der Waals surface area contributed by atoms with Crippen molar-refractivity contribution in [3.05, 3.63) is 76.0 Å². The molecule has 0 atom stereocenters. The standard InChI is InChI=1S/C21H15N5O3/c22-10-3-11-25-14-16(19-4-1-2-5-20(19)25)12-15(13-23)21(27)24-17-6-8-18(9-7-17)26(28)29/h1-2,4-9,12,14H,3,11H2,(H,24,27)/b15-12+. The van der Waals surface area contributed by atoms with Crippen LogP contribution in [0, 0.1) is 32.8 Å². The predicted molar refractivity (Wildman–Crippen MR) is 107 cm³/mol. The van der Waals surface area contributed by atoms with Gasteiger partial charge in [0.25, 0.3) is 11.6 Å². The molecule has 0 bridgehead atoms. The van der Waals surface area contributed by atoms with Crippen molar-refractivity contribution in [1.82, 2.24) is 4.57 Å². The number of hydrogen-bond donors (Lipinski definition) is 1. The summed E-state index contributed by atoms with van der Waals surface area (Å²) in [5.74, 6) is -0.616. The zero-order valence-electron chi connectivity index (χ0n) is 15.2. The molecule has 1 amide bonds. The Morgan fingerprint density at radius 1 is 1.17 bits per heavy atom. The van der Waals surface area contributed by atoms with Gasteiger partial charge in [-0.15, -0.1) is 0 Å². The lowest BCUT2D eigenvalue weighted by atomic mass is 10.1. The first-order chi connectivity index (χ1) is 14.0. The molecule has 0 aliphatic rings. The van der Waals surface area contributed by atoms with Gasteiger partial charge in [0, 0.05) is 47.0 Å². The molecule has 142 valence electrons. The molecule has 0 fully saturated rings. The normalized spacial score (nSPS) is 10.9. The highest BCUT2D eigenvalue weighted by atomic mass is 16.6. The summed E-state index contributed by atoms with van der Waals surface area (Å²) in [6, 6.07) is 16.9. The molecule has 3 aromatic rings. The number of non-ortho nitro benzene ring substituents is 1. The van der Waals surface area contributed by atoms with Crippen LogP contribution in [-0.2, 0) is 11.3 Å². The minimum absolute atomic E-state index is 0.0933. The largest absolute Gasteiger partial charge is 0.346 e. The first kappa shape index (κ1) is 19.3. The number of carbonyl (C=O) groups excluding carboxylic acids is 1. The van der Waals surface area contributed by atoms with Gasteiger partial charge < -0.3 is 9.88 Å². The van der Waals surface area contributed by atoms with Crippen molar-refractivity contribution in [2.45, 2.75) is 13.0 Å². The van der Waals surface area contributed by atoms with E-state index in [2.05, 4.69) is 11.4 Å². The Morgan fingerprint density at radius 3 is 2.55 bits per heavy atom. The van der Waals surface area contributed by atoms with Crippen molar-refractivity contribution in [3.63, 3.8) is 0 Å². The monoisotopic (exact) mass is 385 g/mol. The van der Waals surface area contributed by atoms with E-state index in [1.54, 1.807) is 6.20 Å². The SMILES string of the molecule is N#CCCn1cc(/C=C(\C#N)C(=O)Nc2ccc([N+](=O)[O-])cc2)c2ccccc21. The second-order valence-electron chi connectivity index (χ2n) is 6.13. The number of nitro groups is 1. The molecule has 0 saturated heterocycles. The van der Waals surface area contributed by atoms with Crippen LogP contribution in [0.2, 0.25) is 0 Å². The van der Waals surface area contributed by atoms with Crippen molar-refractivity contribution in [1.29, 1.82) is 10.5 Å². The summed E-state index contributed by atoms with van der Waals surface area (Å²) in [5.41, 5.74) is 1.74. The van der Waals surface area contributed by atoms with Crippen LogP contribution in [0.4, 0.5) is 11.4 Å². The number of nitriles is 2. The molecule has 8 heteroatoms. The average molecular weight is 385 g/mol. The van der Waals surface area contributed by atoms with E-state index in [1.807, 2.05) is 34.9 Å². The zero-order chi connectivity index (χ0) is 20.8. The fourth-order valence-corrected chi connectivity index (χ4v) is 2.91. The van der Waals surface area contributed by atoms with Gasteiger partial charge in [0.2, 0.25) is 0 Å². The van der Waals surface area contributed by atoms with Gasteiger partial charge in [-0.05, 0) is 24.3 Å². The molecular weight excluding hydrogens is 370 g/mol. The number of nitro benzene ring substituents is 1. The second-order valence-corrected chi connectivity index (χ2v) is 6.13. The number of hydrogen-bond acceptors (Lipinski definition) is 5. The zero-order valence-corrected chi connectivity index (χ0v) is 15.2. The van der Waals surface area contributed by atoms with Gasteiger partial charge in [-0.2, -0.15) is 10.5 Å².